The summed E-state index contributed by atoms with van der Waals surface area (Å²) in [7, 11) is -3.66. The van der Waals surface area contributed by atoms with Gasteiger partial charge in [0.05, 0.1) is 20.6 Å². The summed E-state index contributed by atoms with van der Waals surface area (Å²) in [4.78, 5) is 12.0. The Balaban J connectivity index is 2.02. The zero-order valence-electron chi connectivity index (χ0n) is 14.1. The highest BCUT2D eigenvalue weighted by molar-refractivity contribution is 7.89. The fraction of sp³-hybridized carbons (Fsp3) is 0.235. The summed E-state index contributed by atoms with van der Waals surface area (Å²) in [5, 5.41) is 3.11. The molecule has 2 rings (SSSR count). The molecular weight excluding hydrogens is 399 g/mol. The molecule has 0 unspecified atom stereocenters. The molecule has 0 spiro atoms. The smallest absolute Gasteiger partial charge is 0.262 e. The fourth-order valence-corrected chi connectivity index (χ4v) is 3.80. The largest absolute Gasteiger partial charge is 0.482 e. The third-order valence-corrected chi connectivity index (χ3v) is 5.39. The summed E-state index contributed by atoms with van der Waals surface area (Å²) < 4.78 is 32.1. The Bertz CT molecular complexity index is 901. The number of ether oxygens (including phenoxy) is 1. The second-order valence-electron chi connectivity index (χ2n) is 5.68. The number of halogens is 2. The Labute approximate surface area is 162 Å². The van der Waals surface area contributed by atoms with Crippen molar-refractivity contribution < 1.29 is 17.9 Å². The van der Waals surface area contributed by atoms with E-state index in [2.05, 4.69) is 10.0 Å². The summed E-state index contributed by atoms with van der Waals surface area (Å²) in [6.45, 7) is 3.13. The number of rotatable bonds is 7. The molecule has 0 radical (unpaired) electrons. The number of para-hydroxylation sites is 1. The van der Waals surface area contributed by atoms with Crippen molar-refractivity contribution >= 4 is 44.8 Å². The first-order valence-corrected chi connectivity index (χ1v) is 9.92. The number of hydrogen-bond acceptors (Lipinski definition) is 4. The maximum atomic E-state index is 12.1. The van der Waals surface area contributed by atoms with Crippen LogP contribution in [0.1, 0.15) is 13.8 Å². The van der Waals surface area contributed by atoms with E-state index < -0.39 is 15.9 Å². The molecule has 1 amide bonds. The van der Waals surface area contributed by atoms with Crippen molar-refractivity contribution in [2.75, 3.05) is 11.9 Å². The highest BCUT2D eigenvalue weighted by Crippen LogP contribution is 2.27. The number of anilines is 1. The standard InChI is InChI=1S/C17H18Cl2N2O4S/c1-11(2)21-26(23,24)12-7-8-16(14(19)9-12)25-10-17(22)20-15-6-4-3-5-13(15)18/h3-9,11,21H,10H2,1-2H3,(H,20,22). The fourth-order valence-electron chi connectivity index (χ4n) is 2.04. The summed E-state index contributed by atoms with van der Waals surface area (Å²) in [6, 6.07) is 10.6. The van der Waals surface area contributed by atoms with Crippen LogP contribution in [0.5, 0.6) is 5.75 Å². The molecule has 0 saturated carbocycles. The van der Waals surface area contributed by atoms with Crippen LogP contribution >= 0.6 is 23.2 Å². The molecule has 0 aliphatic carbocycles. The molecular formula is C17H18Cl2N2O4S. The van der Waals surface area contributed by atoms with E-state index in [1.165, 1.54) is 18.2 Å². The number of amides is 1. The maximum absolute atomic E-state index is 12.1. The van der Waals surface area contributed by atoms with Gasteiger partial charge in [-0.15, -0.1) is 0 Å². The molecule has 6 nitrogen and oxygen atoms in total. The summed E-state index contributed by atoms with van der Waals surface area (Å²) in [6.07, 6.45) is 0. The predicted octanol–water partition coefficient (Wildman–Crippen LogP) is 3.70. The van der Waals surface area contributed by atoms with E-state index in [-0.39, 0.29) is 28.3 Å². The average molecular weight is 417 g/mol. The minimum atomic E-state index is -3.66. The van der Waals surface area contributed by atoms with Crippen LogP contribution in [-0.4, -0.2) is 27.0 Å². The monoisotopic (exact) mass is 416 g/mol. The van der Waals surface area contributed by atoms with E-state index in [1.54, 1.807) is 38.1 Å². The van der Waals surface area contributed by atoms with Crippen molar-refractivity contribution in [3.8, 4) is 5.75 Å². The van der Waals surface area contributed by atoms with E-state index in [4.69, 9.17) is 27.9 Å². The molecule has 0 aromatic heterocycles. The Hall–Kier alpha value is -1.80. The van der Waals surface area contributed by atoms with Crippen LogP contribution in [0.4, 0.5) is 5.69 Å². The molecule has 9 heteroatoms. The molecule has 0 heterocycles. The van der Waals surface area contributed by atoms with Crippen LogP contribution in [0.3, 0.4) is 0 Å². The molecule has 0 bridgehead atoms. The van der Waals surface area contributed by atoms with Gasteiger partial charge >= 0.3 is 0 Å². The Morgan fingerprint density at radius 1 is 1.12 bits per heavy atom. The third-order valence-electron chi connectivity index (χ3n) is 3.11. The van der Waals surface area contributed by atoms with Crippen molar-refractivity contribution in [1.29, 1.82) is 0 Å². The van der Waals surface area contributed by atoms with Crippen molar-refractivity contribution in [1.82, 2.24) is 4.72 Å². The van der Waals surface area contributed by atoms with Crippen molar-refractivity contribution in [2.45, 2.75) is 24.8 Å². The Morgan fingerprint density at radius 2 is 1.81 bits per heavy atom. The number of hydrogen-bond donors (Lipinski definition) is 2. The quantitative estimate of drug-likeness (QED) is 0.720. The summed E-state index contributed by atoms with van der Waals surface area (Å²) >= 11 is 12.0. The lowest BCUT2D eigenvalue weighted by molar-refractivity contribution is -0.118. The first-order valence-electron chi connectivity index (χ1n) is 7.68. The van der Waals surface area contributed by atoms with Crippen LogP contribution in [0.25, 0.3) is 0 Å². The topological polar surface area (TPSA) is 84.5 Å². The minimum absolute atomic E-state index is 0.0177. The van der Waals surface area contributed by atoms with Gasteiger partial charge < -0.3 is 10.1 Å². The molecule has 0 aliphatic rings. The van der Waals surface area contributed by atoms with Crippen LogP contribution in [0, 0.1) is 0 Å². The second kappa shape index (κ2) is 8.73. The lowest BCUT2D eigenvalue weighted by Gasteiger charge is -2.12. The third kappa shape index (κ3) is 5.60. The van der Waals surface area contributed by atoms with Gasteiger partial charge in [0, 0.05) is 6.04 Å². The molecule has 0 atom stereocenters. The van der Waals surface area contributed by atoms with Gasteiger partial charge in [-0.2, -0.15) is 0 Å². The van der Waals surface area contributed by atoms with Gasteiger partial charge in [0.2, 0.25) is 10.0 Å². The van der Waals surface area contributed by atoms with E-state index >= 15 is 0 Å². The van der Waals surface area contributed by atoms with Gasteiger partial charge in [-0.3, -0.25) is 4.79 Å². The van der Waals surface area contributed by atoms with Gasteiger partial charge in [-0.25, -0.2) is 13.1 Å². The molecule has 0 aliphatic heterocycles. The second-order valence-corrected chi connectivity index (χ2v) is 8.21. The Morgan fingerprint density at radius 3 is 2.42 bits per heavy atom. The van der Waals surface area contributed by atoms with Crippen LogP contribution in [-0.2, 0) is 14.8 Å². The maximum Gasteiger partial charge on any atom is 0.262 e. The number of carbonyl (C=O) groups is 1. The van der Waals surface area contributed by atoms with Crippen LogP contribution in [0.15, 0.2) is 47.4 Å². The molecule has 0 fully saturated rings. The number of sulfonamides is 1. The van der Waals surface area contributed by atoms with E-state index in [0.29, 0.717) is 10.7 Å². The van der Waals surface area contributed by atoms with Gasteiger partial charge in [-0.1, -0.05) is 35.3 Å². The summed E-state index contributed by atoms with van der Waals surface area (Å²) in [5.41, 5.74) is 0.468. The molecule has 140 valence electrons. The minimum Gasteiger partial charge on any atom is -0.482 e. The van der Waals surface area contributed by atoms with E-state index in [9.17, 15) is 13.2 Å². The first kappa shape index (κ1) is 20.5. The predicted molar refractivity (Wildman–Crippen MR) is 102 cm³/mol. The number of benzene rings is 2. The van der Waals surface area contributed by atoms with Crippen LogP contribution in [0.2, 0.25) is 10.0 Å². The van der Waals surface area contributed by atoms with Crippen molar-refractivity contribution in [2.24, 2.45) is 0 Å². The molecule has 2 N–H and O–H groups in total. The molecule has 2 aromatic carbocycles. The van der Waals surface area contributed by atoms with Crippen LogP contribution < -0.4 is 14.8 Å². The van der Waals surface area contributed by atoms with Gasteiger partial charge in [0.15, 0.2) is 6.61 Å². The van der Waals surface area contributed by atoms with Crippen molar-refractivity contribution in [3.63, 3.8) is 0 Å². The normalized spacial score (nSPS) is 11.4. The number of nitrogens with one attached hydrogen (secondary N) is 2. The van der Waals surface area contributed by atoms with Gasteiger partial charge in [0.1, 0.15) is 5.75 Å². The van der Waals surface area contributed by atoms with Gasteiger partial charge in [-0.05, 0) is 44.2 Å². The molecule has 26 heavy (non-hydrogen) atoms. The zero-order valence-corrected chi connectivity index (χ0v) is 16.5. The summed E-state index contributed by atoms with van der Waals surface area (Å²) in [5.74, 6) is -0.225. The number of carbonyl (C=O) groups excluding carboxylic acids is 1. The zero-order chi connectivity index (χ0) is 19.3. The average Bonchev–Trinajstić information content (AvgIpc) is 2.54. The van der Waals surface area contributed by atoms with Crippen molar-refractivity contribution in [3.05, 3.63) is 52.5 Å². The lowest BCUT2D eigenvalue weighted by atomic mass is 10.3. The highest BCUT2D eigenvalue weighted by atomic mass is 35.5. The van der Waals surface area contributed by atoms with Gasteiger partial charge in [0.25, 0.3) is 5.91 Å². The SMILES string of the molecule is CC(C)NS(=O)(=O)c1ccc(OCC(=O)Nc2ccccc2Cl)c(Cl)c1. The van der Waals surface area contributed by atoms with E-state index in [0.717, 1.165) is 0 Å². The Kier molecular flexibility index (Phi) is 6.88. The van der Waals surface area contributed by atoms with E-state index in [1.807, 2.05) is 0 Å². The first-order chi connectivity index (χ1) is 12.2. The lowest BCUT2D eigenvalue weighted by Crippen LogP contribution is -2.30. The molecule has 2 aromatic rings. The highest BCUT2D eigenvalue weighted by Gasteiger charge is 2.17. The molecule has 0 saturated heterocycles.